The molecule has 1 N–H and O–H groups in total. The zero-order valence-corrected chi connectivity index (χ0v) is 8.38. The Morgan fingerprint density at radius 3 is 2.62 bits per heavy atom. The van der Waals surface area contributed by atoms with Crippen LogP contribution in [-0.4, -0.2) is 24.3 Å². The minimum absolute atomic E-state index is 0.475. The summed E-state index contributed by atoms with van der Waals surface area (Å²) in [6.45, 7) is 8.35. The van der Waals surface area contributed by atoms with Crippen LogP contribution in [0, 0.1) is 5.41 Å². The molecule has 0 amide bonds. The van der Waals surface area contributed by atoms with Crippen LogP contribution in [0.25, 0.3) is 0 Å². The molecule has 0 aromatic rings. The second-order valence-electron chi connectivity index (χ2n) is 3.29. The minimum Gasteiger partial charge on any atom is -0.481 e. The number of rotatable bonds is 7. The molecule has 13 heavy (non-hydrogen) atoms. The maximum atomic E-state index is 10.8. The SMILES string of the molecule is C=CC(C)(CCOCCC)C(=O)O. The highest BCUT2D eigenvalue weighted by Crippen LogP contribution is 2.22. The number of carbonyl (C=O) groups is 1. The Hall–Kier alpha value is -0.830. The Balaban J connectivity index is 3.85. The topological polar surface area (TPSA) is 46.5 Å². The first-order chi connectivity index (χ1) is 6.06. The standard InChI is InChI=1S/C10H18O3/c1-4-7-13-8-6-10(3,5-2)9(11)12/h5H,2,4,6-8H2,1,3H3,(H,11,12). The predicted molar refractivity (Wildman–Crippen MR) is 51.7 cm³/mol. The first kappa shape index (κ1) is 12.2. The molecule has 0 fully saturated rings. The van der Waals surface area contributed by atoms with Crippen molar-refractivity contribution in [2.45, 2.75) is 26.7 Å². The molecule has 3 heteroatoms. The highest BCUT2D eigenvalue weighted by Gasteiger charge is 2.28. The van der Waals surface area contributed by atoms with E-state index in [0.717, 1.165) is 6.42 Å². The molecular formula is C10H18O3. The lowest BCUT2D eigenvalue weighted by molar-refractivity contribution is -0.146. The van der Waals surface area contributed by atoms with E-state index in [4.69, 9.17) is 9.84 Å². The summed E-state index contributed by atoms with van der Waals surface area (Å²) in [5.41, 5.74) is -0.853. The van der Waals surface area contributed by atoms with Gasteiger partial charge in [-0.25, -0.2) is 0 Å². The summed E-state index contributed by atoms with van der Waals surface area (Å²) in [5.74, 6) is -0.845. The van der Waals surface area contributed by atoms with Crippen molar-refractivity contribution in [2.75, 3.05) is 13.2 Å². The van der Waals surface area contributed by atoms with E-state index in [0.29, 0.717) is 19.6 Å². The van der Waals surface area contributed by atoms with E-state index < -0.39 is 11.4 Å². The van der Waals surface area contributed by atoms with Gasteiger partial charge in [-0.05, 0) is 19.8 Å². The Morgan fingerprint density at radius 2 is 2.23 bits per heavy atom. The second kappa shape index (κ2) is 5.75. The molecule has 0 saturated heterocycles. The van der Waals surface area contributed by atoms with Crippen molar-refractivity contribution in [3.8, 4) is 0 Å². The first-order valence-electron chi connectivity index (χ1n) is 4.51. The number of hydrogen-bond acceptors (Lipinski definition) is 2. The Kier molecular flexibility index (Phi) is 5.39. The summed E-state index contributed by atoms with van der Waals surface area (Å²) in [5, 5.41) is 8.86. The summed E-state index contributed by atoms with van der Waals surface area (Å²) in [6, 6.07) is 0. The Morgan fingerprint density at radius 1 is 1.62 bits per heavy atom. The van der Waals surface area contributed by atoms with Crippen molar-refractivity contribution in [1.29, 1.82) is 0 Å². The molecular weight excluding hydrogens is 168 g/mol. The maximum Gasteiger partial charge on any atom is 0.313 e. The molecule has 0 aliphatic heterocycles. The number of hydrogen-bond donors (Lipinski definition) is 1. The fourth-order valence-electron chi connectivity index (χ4n) is 0.827. The monoisotopic (exact) mass is 186 g/mol. The van der Waals surface area contributed by atoms with Crippen molar-refractivity contribution in [3.63, 3.8) is 0 Å². The highest BCUT2D eigenvalue weighted by molar-refractivity contribution is 5.76. The molecule has 0 aliphatic rings. The van der Waals surface area contributed by atoms with Crippen molar-refractivity contribution in [3.05, 3.63) is 12.7 Å². The van der Waals surface area contributed by atoms with Gasteiger partial charge < -0.3 is 9.84 Å². The molecule has 0 aliphatic carbocycles. The Labute approximate surface area is 79.4 Å². The zero-order valence-electron chi connectivity index (χ0n) is 8.38. The van der Waals surface area contributed by atoms with E-state index in [9.17, 15) is 4.79 Å². The summed E-state index contributed by atoms with van der Waals surface area (Å²) in [6.07, 6.45) is 2.90. The van der Waals surface area contributed by atoms with Gasteiger partial charge in [-0.1, -0.05) is 13.0 Å². The van der Waals surface area contributed by atoms with Gasteiger partial charge in [0.15, 0.2) is 0 Å². The van der Waals surface area contributed by atoms with Crippen LogP contribution in [-0.2, 0) is 9.53 Å². The lowest BCUT2D eigenvalue weighted by atomic mass is 9.88. The predicted octanol–water partition coefficient (Wildman–Crippen LogP) is 2.08. The van der Waals surface area contributed by atoms with Crippen LogP contribution in [0.15, 0.2) is 12.7 Å². The first-order valence-corrected chi connectivity index (χ1v) is 4.51. The van der Waals surface area contributed by atoms with Gasteiger partial charge in [-0.2, -0.15) is 0 Å². The lowest BCUT2D eigenvalue weighted by Crippen LogP contribution is -2.26. The van der Waals surface area contributed by atoms with Crippen molar-refractivity contribution >= 4 is 5.97 Å². The van der Waals surface area contributed by atoms with Gasteiger partial charge in [-0.3, -0.25) is 4.79 Å². The van der Waals surface area contributed by atoms with E-state index in [1.807, 2.05) is 6.92 Å². The van der Waals surface area contributed by atoms with Gasteiger partial charge in [0.25, 0.3) is 0 Å². The van der Waals surface area contributed by atoms with Crippen LogP contribution in [0.3, 0.4) is 0 Å². The third-order valence-corrected chi connectivity index (χ3v) is 2.05. The molecule has 0 spiro atoms. The summed E-state index contributed by atoms with van der Waals surface area (Å²) < 4.78 is 5.22. The van der Waals surface area contributed by atoms with Crippen LogP contribution < -0.4 is 0 Å². The zero-order chi connectivity index (χ0) is 10.3. The fraction of sp³-hybridized carbons (Fsp3) is 0.700. The van der Waals surface area contributed by atoms with E-state index in [-0.39, 0.29) is 0 Å². The number of aliphatic carboxylic acids is 1. The average molecular weight is 186 g/mol. The van der Waals surface area contributed by atoms with E-state index in [2.05, 4.69) is 6.58 Å². The molecule has 0 rings (SSSR count). The van der Waals surface area contributed by atoms with Crippen LogP contribution in [0.2, 0.25) is 0 Å². The summed E-state index contributed by atoms with van der Waals surface area (Å²) in [4.78, 5) is 10.8. The highest BCUT2D eigenvalue weighted by atomic mass is 16.5. The van der Waals surface area contributed by atoms with Gasteiger partial charge in [0.2, 0.25) is 0 Å². The number of ether oxygens (including phenoxy) is 1. The third kappa shape index (κ3) is 4.08. The molecule has 3 nitrogen and oxygen atoms in total. The largest absolute Gasteiger partial charge is 0.481 e. The molecule has 0 radical (unpaired) electrons. The molecule has 0 aromatic heterocycles. The van der Waals surface area contributed by atoms with Crippen LogP contribution in [0.4, 0.5) is 0 Å². The van der Waals surface area contributed by atoms with Crippen LogP contribution >= 0.6 is 0 Å². The average Bonchev–Trinajstić information content (AvgIpc) is 2.12. The van der Waals surface area contributed by atoms with Gasteiger partial charge in [0, 0.05) is 13.2 Å². The molecule has 0 saturated carbocycles. The fourth-order valence-corrected chi connectivity index (χ4v) is 0.827. The van der Waals surface area contributed by atoms with Crippen molar-refractivity contribution in [2.24, 2.45) is 5.41 Å². The third-order valence-electron chi connectivity index (χ3n) is 2.05. The summed E-state index contributed by atoms with van der Waals surface area (Å²) >= 11 is 0. The second-order valence-corrected chi connectivity index (χ2v) is 3.29. The van der Waals surface area contributed by atoms with Gasteiger partial charge >= 0.3 is 5.97 Å². The molecule has 0 bridgehead atoms. The normalized spacial score (nSPS) is 14.9. The van der Waals surface area contributed by atoms with E-state index >= 15 is 0 Å². The molecule has 0 aromatic carbocycles. The van der Waals surface area contributed by atoms with Crippen LogP contribution in [0.5, 0.6) is 0 Å². The Bertz CT molecular complexity index is 177. The lowest BCUT2D eigenvalue weighted by Gasteiger charge is -2.19. The summed E-state index contributed by atoms with van der Waals surface area (Å²) in [7, 11) is 0. The van der Waals surface area contributed by atoms with Gasteiger partial charge in [0.05, 0.1) is 5.41 Å². The van der Waals surface area contributed by atoms with Crippen LogP contribution in [0.1, 0.15) is 26.7 Å². The number of carboxylic acid groups (broad SMARTS) is 1. The molecule has 1 unspecified atom stereocenters. The maximum absolute atomic E-state index is 10.8. The number of carboxylic acids is 1. The van der Waals surface area contributed by atoms with E-state index in [1.165, 1.54) is 6.08 Å². The molecule has 0 heterocycles. The van der Waals surface area contributed by atoms with Gasteiger partial charge in [0.1, 0.15) is 0 Å². The van der Waals surface area contributed by atoms with Crippen molar-refractivity contribution in [1.82, 2.24) is 0 Å². The quantitative estimate of drug-likeness (QED) is 0.489. The smallest absolute Gasteiger partial charge is 0.313 e. The molecule has 1 atom stereocenters. The van der Waals surface area contributed by atoms with E-state index in [1.54, 1.807) is 6.92 Å². The van der Waals surface area contributed by atoms with Crippen molar-refractivity contribution < 1.29 is 14.6 Å². The minimum atomic E-state index is -0.853. The molecule has 76 valence electrons. The van der Waals surface area contributed by atoms with Gasteiger partial charge in [-0.15, -0.1) is 6.58 Å².